The first-order chi connectivity index (χ1) is 14.5. The third kappa shape index (κ3) is 3.54. The van der Waals surface area contributed by atoms with Gasteiger partial charge in [-0.15, -0.1) is 0 Å². The van der Waals surface area contributed by atoms with Crippen molar-refractivity contribution in [1.29, 1.82) is 0 Å². The molecule has 9 nitrogen and oxygen atoms in total. The molecule has 0 N–H and O–H groups in total. The van der Waals surface area contributed by atoms with Gasteiger partial charge in [0.05, 0.1) is 32.1 Å². The van der Waals surface area contributed by atoms with E-state index in [0.717, 1.165) is 11.4 Å². The van der Waals surface area contributed by atoms with Crippen LogP contribution < -0.4 is 0 Å². The standard InChI is InChI=1S/C21H22N6O3/c1-13(2)17-19-24-18(14-7-5-4-6-8-14)25-27(19)10-9-26(17)20(28)15-11-23-16(12-22-15)21(29)30-3/h4-8,11-13,17H,9-10H2,1-3H3/t17-/m0/s1. The third-order valence-corrected chi connectivity index (χ3v) is 5.04. The Morgan fingerprint density at radius 2 is 1.77 bits per heavy atom. The van der Waals surface area contributed by atoms with E-state index in [1.807, 2.05) is 48.9 Å². The van der Waals surface area contributed by atoms with Crippen molar-refractivity contribution in [2.24, 2.45) is 5.92 Å². The van der Waals surface area contributed by atoms with E-state index in [1.54, 1.807) is 4.90 Å². The van der Waals surface area contributed by atoms with Crippen molar-refractivity contribution in [3.63, 3.8) is 0 Å². The van der Waals surface area contributed by atoms with Crippen molar-refractivity contribution in [1.82, 2.24) is 29.6 Å². The molecule has 0 spiro atoms. The number of methoxy groups -OCH3 is 1. The number of carbonyl (C=O) groups is 2. The van der Waals surface area contributed by atoms with Crippen LogP contribution in [-0.4, -0.2) is 55.2 Å². The highest BCUT2D eigenvalue weighted by Gasteiger charge is 2.37. The Labute approximate surface area is 173 Å². The van der Waals surface area contributed by atoms with Gasteiger partial charge < -0.3 is 9.64 Å². The van der Waals surface area contributed by atoms with E-state index in [2.05, 4.69) is 19.8 Å². The molecule has 0 bridgehead atoms. The Morgan fingerprint density at radius 3 is 2.40 bits per heavy atom. The van der Waals surface area contributed by atoms with Crippen LogP contribution in [0.25, 0.3) is 11.4 Å². The van der Waals surface area contributed by atoms with Crippen LogP contribution >= 0.6 is 0 Å². The molecule has 1 aromatic carbocycles. The van der Waals surface area contributed by atoms with E-state index >= 15 is 0 Å². The van der Waals surface area contributed by atoms with Crippen molar-refractivity contribution in [2.45, 2.75) is 26.4 Å². The van der Waals surface area contributed by atoms with E-state index < -0.39 is 5.97 Å². The van der Waals surface area contributed by atoms with Crippen LogP contribution in [0.4, 0.5) is 0 Å². The number of ether oxygens (including phenoxy) is 1. The van der Waals surface area contributed by atoms with Crippen LogP contribution in [0.1, 0.15) is 46.7 Å². The molecule has 1 amide bonds. The van der Waals surface area contributed by atoms with Gasteiger partial charge in [0.25, 0.3) is 5.91 Å². The van der Waals surface area contributed by atoms with E-state index in [0.29, 0.717) is 18.9 Å². The molecular formula is C21H22N6O3. The lowest BCUT2D eigenvalue weighted by Gasteiger charge is -2.37. The monoisotopic (exact) mass is 406 g/mol. The maximum atomic E-state index is 13.2. The number of rotatable bonds is 4. The van der Waals surface area contributed by atoms with Crippen molar-refractivity contribution in [2.75, 3.05) is 13.7 Å². The van der Waals surface area contributed by atoms with Gasteiger partial charge >= 0.3 is 5.97 Å². The van der Waals surface area contributed by atoms with Crippen molar-refractivity contribution >= 4 is 11.9 Å². The zero-order valence-electron chi connectivity index (χ0n) is 17.0. The van der Waals surface area contributed by atoms with Crippen molar-refractivity contribution < 1.29 is 14.3 Å². The molecular weight excluding hydrogens is 384 g/mol. The molecule has 0 saturated heterocycles. The molecule has 1 aliphatic rings. The summed E-state index contributed by atoms with van der Waals surface area (Å²) in [6.45, 7) is 5.11. The minimum absolute atomic E-state index is 0.0559. The molecule has 0 unspecified atom stereocenters. The van der Waals surface area contributed by atoms with E-state index in [1.165, 1.54) is 19.5 Å². The number of carbonyl (C=O) groups excluding carboxylic acids is 2. The summed E-state index contributed by atoms with van der Waals surface area (Å²) in [4.78, 5) is 39.4. The number of hydrogen-bond acceptors (Lipinski definition) is 7. The van der Waals surface area contributed by atoms with Gasteiger partial charge in [0.15, 0.2) is 17.3 Å². The molecule has 4 rings (SSSR count). The zero-order valence-corrected chi connectivity index (χ0v) is 17.0. The highest BCUT2D eigenvalue weighted by Crippen LogP contribution is 2.33. The number of nitrogens with zero attached hydrogens (tertiary/aromatic N) is 6. The molecule has 3 heterocycles. The Morgan fingerprint density at radius 1 is 1.07 bits per heavy atom. The van der Waals surface area contributed by atoms with Gasteiger partial charge in [0, 0.05) is 12.1 Å². The summed E-state index contributed by atoms with van der Waals surface area (Å²) in [6, 6.07) is 9.52. The minimum atomic E-state index is -0.596. The molecule has 0 saturated carbocycles. The smallest absolute Gasteiger partial charge is 0.358 e. The molecule has 154 valence electrons. The molecule has 1 atom stereocenters. The molecule has 1 aliphatic heterocycles. The Hall–Kier alpha value is -3.62. The first kappa shape index (κ1) is 19.7. The fourth-order valence-electron chi connectivity index (χ4n) is 3.61. The van der Waals surface area contributed by atoms with Gasteiger partial charge in [-0.1, -0.05) is 44.2 Å². The van der Waals surface area contributed by atoms with Gasteiger partial charge in [-0.05, 0) is 5.92 Å². The first-order valence-corrected chi connectivity index (χ1v) is 9.71. The predicted octanol–water partition coefficient (Wildman–Crippen LogP) is 2.37. The lowest BCUT2D eigenvalue weighted by atomic mass is 9.99. The first-order valence-electron chi connectivity index (χ1n) is 9.71. The average Bonchev–Trinajstić information content (AvgIpc) is 3.22. The summed E-state index contributed by atoms with van der Waals surface area (Å²) < 4.78 is 6.50. The van der Waals surface area contributed by atoms with Crippen LogP contribution in [0.3, 0.4) is 0 Å². The topological polar surface area (TPSA) is 103 Å². The third-order valence-electron chi connectivity index (χ3n) is 5.04. The van der Waals surface area contributed by atoms with E-state index in [9.17, 15) is 9.59 Å². The lowest BCUT2D eigenvalue weighted by Crippen LogP contribution is -2.45. The molecule has 0 radical (unpaired) electrons. The van der Waals surface area contributed by atoms with Crippen LogP contribution in [0.5, 0.6) is 0 Å². The summed E-state index contributed by atoms with van der Waals surface area (Å²) in [5.74, 6) is 0.660. The molecule has 9 heteroatoms. The SMILES string of the molecule is COC(=O)c1cnc(C(=O)N2CCn3nc(-c4ccccc4)nc3[C@@H]2C(C)C)cn1. The van der Waals surface area contributed by atoms with Gasteiger partial charge in [0.1, 0.15) is 5.69 Å². The molecule has 2 aromatic heterocycles. The van der Waals surface area contributed by atoms with Crippen LogP contribution in [0, 0.1) is 5.92 Å². The van der Waals surface area contributed by atoms with E-state index in [-0.39, 0.29) is 29.3 Å². The number of fused-ring (bicyclic) bond motifs is 1. The molecule has 3 aromatic rings. The minimum Gasteiger partial charge on any atom is -0.464 e. The lowest BCUT2D eigenvalue weighted by molar-refractivity contribution is 0.0526. The molecule has 30 heavy (non-hydrogen) atoms. The maximum absolute atomic E-state index is 13.2. The second-order valence-electron chi connectivity index (χ2n) is 7.35. The number of benzene rings is 1. The zero-order chi connectivity index (χ0) is 21.3. The highest BCUT2D eigenvalue weighted by molar-refractivity contribution is 5.93. The van der Waals surface area contributed by atoms with Crippen molar-refractivity contribution in [3.8, 4) is 11.4 Å². The van der Waals surface area contributed by atoms with Gasteiger partial charge in [-0.3, -0.25) is 4.79 Å². The van der Waals surface area contributed by atoms with Gasteiger partial charge in [-0.2, -0.15) is 5.10 Å². The quantitative estimate of drug-likeness (QED) is 0.613. The Kier molecular flexibility index (Phi) is 5.26. The fourth-order valence-corrected chi connectivity index (χ4v) is 3.61. The highest BCUT2D eigenvalue weighted by atomic mass is 16.5. The number of hydrogen-bond donors (Lipinski definition) is 0. The summed E-state index contributed by atoms with van der Waals surface area (Å²) in [7, 11) is 1.27. The Bertz CT molecular complexity index is 1060. The second kappa shape index (κ2) is 8.02. The van der Waals surface area contributed by atoms with Crippen LogP contribution in [0.15, 0.2) is 42.7 Å². The summed E-state index contributed by atoms with van der Waals surface area (Å²) in [6.07, 6.45) is 2.56. The summed E-state index contributed by atoms with van der Waals surface area (Å²) in [5.41, 5.74) is 1.16. The number of esters is 1. The van der Waals surface area contributed by atoms with Crippen LogP contribution in [-0.2, 0) is 11.3 Å². The number of amides is 1. The second-order valence-corrected chi connectivity index (χ2v) is 7.35. The number of aromatic nitrogens is 5. The summed E-state index contributed by atoms with van der Waals surface area (Å²) in [5, 5.41) is 4.65. The van der Waals surface area contributed by atoms with Gasteiger partial charge in [0.2, 0.25) is 0 Å². The van der Waals surface area contributed by atoms with Gasteiger partial charge in [-0.25, -0.2) is 24.4 Å². The maximum Gasteiger partial charge on any atom is 0.358 e. The molecule has 0 fully saturated rings. The average molecular weight is 406 g/mol. The summed E-state index contributed by atoms with van der Waals surface area (Å²) >= 11 is 0. The van der Waals surface area contributed by atoms with Crippen LogP contribution in [0.2, 0.25) is 0 Å². The van der Waals surface area contributed by atoms with E-state index in [4.69, 9.17) is 4.98 Å². The predicted molar refractivity (Wildman–Crippen MR) is 107 cm³/mol. The largest absolute Gasteiger partial charge is 0.464 e. The fraction of sp³-hybridized carbons (Fsp3) is 0.333. The Balaban J connectivity index is 1.64. The normalized spacial score (nSPS) is 15.7. The molecule has 0 aliphatic carbocycles. The van der Waals surface area contributed by atoms with Crippen molar-refractivity contribution in [3.05, 3.63) is 59.9 Å².